The van der Waals surface area contributed by atoms with Crippen LogP contribution >= 0.6 is 0 Å². The van der Waals surface area contributed by atoms with Crippen LogP contribution in [0.5, 0.6) is 5.75 Å². The van der Waals surface area contributed by atoms with E-state index in [1.54, 1.807) is 0 Å². The third-order valence-corrected chi connectivity index (χ3v) is 10.0. The third-order valence-electron chi connectivity index (χ3n) is 10.0. The van der Waals surface area contributed by atoms with Crippen molar-refractivity contribution < 1.29 is 9.47 Å². The van der Waals surface area contributed by atoms with Crippen molar-refractivity contribution in [1.82, 2.24) is 0 Å². The number of benzene rings is 1. The van der Waals surface area contributed by atoms with E-state index in [0.717, 1.165) is 55.0 Å². The maximum Gasteiger partial charge on any atom is 0.119 e. The molecular formula is C34H56O2. The summed E-state index contributed by atoms with van der Waals surface area (Å²) in [6.07, 6.45) is 25.4. The highest BCUT2D eigenvalue weighted by Crippen LogP contribution is 2.40. The Morgan fingerprint density at radius 2 is 1.33 bits per heavy atom. The predicted molar refractivity (Wildman–Crippen MR) is 153 cm³/mol. The fraction of sp³-hybridized carbons (Fsp3) is 0.824. The van der Waals surface area contributed by atoms with Crippen LogP contribution in [0.1, 0.15) is 141 Å². The summed E-state index contributed by atoms with van der Waals surface area (Å²) in [6, 6.07) is 9.04. The van der Waals surface area contributed by atoms with E-state index in [-0.39, 0.29) is 0 Å². The van der Waals surface area contributed by atoms with Gasteiger partial charge in [0, 0.05) is 6.42 Å². The summed E-state index contributed by atoms with van der Waals surface area (Å²) in [4.78, 5) is 0. The van der Waals surface area contributed by atoms with Gasteiger partial charge < -0.3 is 9.47 Å². The standard InChI is InChI=1S/C34H56O2/c1-3-4-5-6-8-28-11-15-30(16-12-28)32-19-23-34(24-20-32)36-26-7-25-35-33-21-17-31(18-22-33)29-13-9-27(2)10-14-29/h19-20,23-24,27-31,33H,3-18,21-22,25-26H2,1-2H3. The van der Waals surface area contributed by atoms with Crippen molar-refractivity contribution in [3.05, 3.63) is 29.8 Å². The van der Waals surface area contributed by atoms with Gasteiger partial charge in [-0.05, 0) is 111 Å². The molecule has 1 aromatic carbocycles. The van der Waals surface area contributed by atoms with Crippen LogP contribution in [0.25, 0.3) is 0 Å². The van der Waals surface area contributed by atoms with Crippen molar-refractivity contribution in [2.45, 2.75) is 141 Å². The summed E-state index contributed by atoms with van der Waals surface area (Å²) in [5.74, 6) is 5.72. The maximum absolute atomic E-state index is 6.24. The lowest BCUT2D eigenvalue weighted by Crippen LogP contribution is -2.28. The first kappa shape index (κ1) is 28.0. The molecule has 0 bridgehead atoms. The van der Waals surface area contributed by atoms with Gasteiger partial charge in [0.1, 0.15) is 5.75 Å². The lowest BCUT2D eigenvalue weighted by molar-refractivity contribution is 0.00301. The fourth-order valence-corrected chi connectivity index (χ4v) is 7.46. The van der Waals surface area contributed by atoms with Crippen molar-refractivity contribution in [2.24, 2.45) is 23.7 Å². The number of hydrogen-bond acceptors (Lipinski definition) is 2. The Morgan fingerprint density at radius 3 is 2.00 bits per heavy atom. The maximum atomic E-state index is 6.24. The summed E-state index contributed by atoms with van der Waals surface area (Å²) in [6.45, 7) is 6.34. The molecule has 0 radical (unpaired) electrons. The summed E-state index contributed by atoms with van der Waals surface area (Å²) >= 11 is 0. The topological polar surface area (TPSA) is 18.5 Å². The van der Waals surface area contributed by atoms with Crippen LogP contribution in [0.15, 0.2) is 24.3 Å². The van der Waals surface area contributed by atoms with Gasteiger partial charge in [-0.15, -0.1) is 0 Å². The van der Waals surface area contributed by atoms with Crippen LogP contribution in [0, 0.1) is 23.7 Å². The van der Waals surface area contributed by atoms with E-state index in [2.05, 4.69) is 38.1 Å². The highest BCUT2D eigenvalue weighted by atomic mass is 16.5. The molecule has 0 atom stereocenters. The van der Waals surface area contributed by atoms with Gasteiger partial charge in [-0.3, -0.25) is 0 Å². The van der Waals surface area contributed by atoms with Gasteiger partial charge in [0.05, 0.1) is 19.3 Å². The van der Waals surface area contributed by atoms with Gasteiger partial charge in [0.2, 0.25) is 0 Å². The Kier molecular flexibility index (Phi) is 12.0. The third kappa shape index (κ3) is 9.07. The van der Waals surface area contributed by atoms with Crippen molar-refractivity contribution in [3.8, 4) is 5.75 Å². The molecule has 204 valence electrons. The largest absolute Gasteiger partial charge is 0.494 e. The minimum absolute atomic E-state index is 0.495. The van der Waals surface area contributed by atoms with Gasteiger partial charge in [-0.1, -0.05) is 70.9 Å². The normalized spacial score (nSPS) is 31.3. The van der Waals surface area contributed by atoms with E-state index in [1.807, 2.05) is 0 Å². The Hall–Kier alpha value is -1.02. The van der Waals surface area contributed by atoms with Gasteiger partial charge in [-0.2, -0.15) is 0 Å². The van der Waals surface area contributed by atoms with Crippen LogP contribution in [0.2, 0.25) is 0 Å². The Balaban J connectivity index is 1.04. The molecule has 3 saturated carbocycles. The monoisotopic (exact) mass is 496 g/mol. The van der Waals surface area contributed by atoms with Gasteiger partial charge in [-0.25, -0.2) is 0 Å². The van der Waals surface area contributed by atoms with Crippen molar-refractivity contribution in [3.63, 3.8) is 0 Å². The van der Waals surface area contributed by atoms with Crippen LogP contribution in [-0.2, 0) is 4.74 Å². The minimum atomic E-state index is 0.495. The van der Waals surface area contributed by atoms with E-state index in [9.17, 15) is 0 Å². The second kappa shape index (κ2) is 15.4. The van der Waals surface area contributed by atoms with Gasteiger partial charge in [0.25, 0.3) is 0 Å². The molecule has 0 amide bonds. The molecule has 1 aromatic rings. The van der Waals surface area contributed by atoms with Crippen LogP contribution < -0.4 is 4.74 Å². The molecule has 0 N–H and O–H groups in total. The minimum Gasteiger partial charge on any atom is -0.494 e. The predicted octanol–water partition coefficient (Wildman–Crippen LogP) is 10.1. The van der Waals surface area contributed by atoms with Crippen molar-refractivity contribution in [2.75, 3.05) is 13.2 Å². The zero-order valence-corrected chi connectivity index (χ0v) is 23.7. The average molecular weight is 497 g/mol. The smallest absolute Gasteiger partial charge is 0.119 e. The van der Waals surface area contributed by atoms with Crippen LogP contribution in [-0.4, -0.2) is 19.3 Å². The zero-order chi connectivity index (χ0) is 25.0. The van der Waals surface area contributed by atoms with Crippen LogP contribution in [0.4, 0.5) is 0 Å². The summed E-state index contributed by atoms with van der Waals surface area (Å²) < 4.78 is 12.3. The summed E-state index contributed by atoms with van der Waals surface area (Å²) in [5, 5.41) is 0. The number of rotatable bonds is 13. The molecule has 0 aromatic heterocycles. The number of hydrogen-bond donors (Lipinski definition) is 0. The lowest BCUT2D eigenvalue weighted by atomic mass is 9.71. The van der Waals surface area contributed by atoms with Gasteiger partial charge in [0.15, 0.2) is 0 Å². The summed E-state index contributed by atoms with van der Waals surface area (Å²) in [7, 11) is 0. The van der Waals surface area contributed by atoms with Gasteiger partial charge >= 0.3 is 0 Å². The van der Waals surface area contributed by atoms with Crippen molar-refractivity contribution >= 4 is 0 Å². The molecule has 0 unspecified atom stereocenters. The first-order valence-corrected chi connectivity index (χ1v) is 16.1. The molecule has 0 heterocycles. The molecule has 4 rings (SSSR count). The molecule has 3 aliphatic carbocycles. The first-order valence-electron chi connectivity index (χ1n) is 16.1. The quantitative estimate of drug-likeness (QED) is 0.253. The molecule has 3 aliphatic rings. The van der Waals surface area contributed by atoms with E-state index in [0.29, 0.717) is 6.10 Å². The molecule has 2 nitrogen and oxygen atoms in total. The Morgan fingerprint density at radius 1 is 0.667 bits per heavy atom. The molecule has 36 heavy (non-hydrogen) atoms. The zero-order valence-electron chi connectivity index (χ0n) is 23.7. The highest BCUT2D eigenvalue weighted by molar-refractivity contribution is 5.29. The highest BCUT2D eigenvalue weighted by Gasteiger charge is 2.30. The van der Waals surface area contributed by atoms with E-state index in [4.69, 9.17) is 9.47 Å². The second-order valence-corrected chi connectivity index (χ2v) is 12.8. The lowest BCUT2D eigenvalue weighted by Gasteiger charge is -2.37. The Bertz CT molecular complexity index is 688. The molecule has 0 saturated heterocycles. The second-order valence-electron chi connectivity index (χ2n) is 12.8. The number of unbranched alkanes of at least 4 members (excludes halogenated alkanes) is 3. The molecular weight excluding hydrogens is 440 g/mol. The van der Waals surface area contributed by atoms with E-state index < -0.39 is 0 Å². The van der Waals surface area contributed by atoms with Crippen LogP contribution in [0.3, 0.4) is 0 Å². The average Bonchev–Trinajstić information content (AvgIpc) is 2.93. The molecule has 0 spiro atoms. The SMILES string of the molecule is CCCCCCC1CCC(c2ccc(OCCCOC3CCC(C4CCC(C)CC4)CC3)cc2)CC1. The number of ether oxygens (including phenoxy) is 2. The van der Waals surface area contributed by atoms with E-state index >= 15 is 0 Å². The Labute approximate surface area is 223 Å². The van der Waals surface area contributed by atoms with Crippen molar-refractivity contribution in [1.29, 1.82) is 0 Å². The molecule has 2 heteroatoms. The molecule has 0 aliphatic heterocycles. The van der Waals surface area contributed by atoms with E-state index in [1.165, 1.54) is 115 Å². The molecule has 3 fully saturated rings. The fourth-order valence-electron chi connectivity index (χ4n) is 7.46. The summed E-state index contributed by atoms with van der Waals surface area (Å²) in [5.41, 5.74) is 1.52. The first-order chi connectivity index (χ1) is 17.7.